The number of nitrogens with two attached hydrogens (primary N) is 1. The SMILES string of the molecule is CC(CCCN)Oc1cccc2ncccc12. The quantitative estimate of drug-likeness (QED) is 0.859. The summed E-state index contributed by atoms with van der Waals surface area (Å²) in [6.07, 6.45) is 3.95. The zero-order valence-corrected chi connectivity index (χ0v) is 10.1. The topological polar surface area (TPSA) is 48.1 Å². The molecule has 90 valence electrons. The number of benzene rings is 1. The number of aromatic nitrogens is 1. The van der Waals surface area contributed by atoms with Crippen molar-refractivity contribution < 1.29 is 4.74 Å². The molecular formula is C14H18N2O. The molecule has 3 nitrogen and oxygen atoms in total. The van der Waals surface area contributed by atoms with Gasteiger partial charge in [0, 0.05) is 11.6 Å². The fourth-order valence-corrected chi connectivity index (χ4v) is 1.86. The smallest absolute Gasteiger partial charge is 0.129 e. The van der Waals surface area contributed by atoms with Gasteiger partial charge in [-0.25, -0.2) is 0 Å². The van der Waals surface area contributed by atoms with Crippen molar-refractivity contribution in [2.75, 3.05) is 6.54 Å². The van der Waals surface area contributed by atoms with E-state index in [1.165, 1.54) is 0 Å². The summed E-state index contributed by atoms with van der Waals surface area (Å²) in [4.78, 5) is 4.31. The van der Waals surface area contributed by atoms with Crippen LogP contribution in [-0.2, 0) is 0 Å². The Bertz CT molecular complexity index is 479. The van der Waals surface area contributed by atoms with Crippen LogP contribution >= 0.6 is 0 Å². The van der Waals surface area contributed by atoms with Gasteiger partial charge in [-0.1, -0.05) is 6.07 Å². The number of nitrogens with zero attached hydrogens (tertiary/aromatic N) is 1. The Morgan fingerprint density at radius 1 is 1.29 bits per heavy atom. The highest BCUT2D eigenvalue weighted by Gasteiger charge is 2.06. The van der Waals surface area contributed by atoms with Crippen LogP contribution in [0.15, 0.2) is 36.5 Å². The number of fused-ring (bicyclic) bond motifs is 1. The molecular weight excluding hydrogens is 212 g/mol. The minimum absolute atomic E-state index is 0.185. The molecule has 1 heterocycles. The summed E-state index contributed by atoms with van der Waals surface area (Å²) < 4.78 is 5.93. The minimum Gasteiger partial charge on any atom is -0.490 e. The van der Waals surface area contributed by atoms with Crippen LogP contribution in [0.25, 0.3) is 10.9 Å². The van der Waals surface area contributed by atoms with Crippen molar-refractivity contribution in [2.24, 2.45) is 5.73 Å². The highest BCUT2D eigenvalue weighted by Crippen LogP contribution is 2.25. The van der Waals surface area contributed by atoms with Gasteiger partial charge < -0.3 is 10.5 Å². The van der Waals surface area contributed by atoms with Crippen LogP contribution < -0.4 is 10.5 Å². The lowest BCUT2D eigenvalue weighted by atomic mass is 10.2. The van der Waals surface area contributed by atoms with Gasteiger partial charge in [0.1, 0.15) is 5.75 Å². The van der Waals surface area contributed by atoms with Crippen LogP contribution in [0.2, 0.25) is 0 Å². The maximum absolute atomic E-state index is 5.93. The molecule has 2 N–H and O–H groups in total. The first kappa shape index (κ1) is 11.9. The number of hydrogen-bond donors (Lipinski definition) is 1. The first-order chi connectivity index (χ1) is 8.31. The second-order valence-electron chi connectivity index (χ2n) is 4.19. The zero-order valence-electron chi connectivity index (χ0n) is 10.1. The monoisotopic (exact) mass is 230 g/mol. The molecule has 0 bridgehead atoms. The van der Waals surface area contributed by atoms with Crippen molar-refractivity contribution in [3.8, 4) is 5.75 Å². The van der Waals surface area contributed by atoms with E-state index in [9.17, 15) is 0 Å². The van der Waals surface area contributed by atoms with E-state index < -0.39 is 0 Å². The molecule has 0 saturated carbocycles. The summed E-state index contributed by atoms with van der Waals surface area (Å²) in [6.45, 7) is 2.79. The third-order valence-corrected chi connectivity index (χ3v) is 2.75. The molecule has 0 aliphatic rings. The van der Waals surface area contributed by atoms with E-state index in [0.717, 1.165) is 29.5 Å². The van der Waals surface area contributed by atoms with Crippen LogP contribution in [0.5, 0.6) is 5.75 Å². The highest BCUT2D eigenvalue weighted by atomic mass is 16.5. The normalized spacial score (nSPS) is 12.6. The van der Waals surface area contributed by atoms with Crippen molar-refractivity contribution in [1.82, 2.24) is 4.98 Å². The van der Waals surface area contributed by atoms with Crippen LogP contribution in [0, 0.1) is 0 Å². The standard InChI is InChI=1S/C14H18N2O/c1-11(5-3-9-15)17-14-8-2-7-13-12(14)6-4-10-16-13/h2,4,6-8,10-11H,3,5,9,15H2,1H3. The van der Waals surface area contributed by atoms with Gasteiger partial charge in [0.05, 0.1) is 11.6 Å². The fourth-order valence-electron chi connectivity index (χ4n) is 1.86. The van der Waals surface area contributed by atoms with Crippen molar-refractivity contribution >= 4 is 10.9 Å². The number of ether oxygens (including phenoxy) is 1. The molecule has 3 heteroatoms. The maximum Gasteiger partial charge on any atom is 0.129 e. The number of pyridine rings is 1. The van der Waals surface area contributed by atoms with Crippen molar-refractivity contribution in [3.63, 3.8) is 0 Å². The summed E-state index contributed by atoms with van der Waals surface area (Å²) in [7, 11) is 0. The molecule has 0 aliphatic heterocycles. The van der Waals surface area contributed by atoms with Crippen molar-refractivity contribution in [3.05, 3.63) is 36.5 Å². The number of hydrogen-bond acceptors (Lipinski definition) is 3. The average Bonchev–Trinajstić information content (AvgIpc) is 2.37. The average molecular weight is 230 g/mol. The summed E-state index contributed by atoms with van der Waals surface area (Å²) >= 11 is 0. The fraction of sp³-hybridized carbons (Fsp3) is 0.357. The van der Waals surface area contributed by atoms with Gasteiger partial charge in [0.2, 0.25) is 0 Å². The zero-order chi connectivity index (χ0) is 12.1. The largest absolute Gasteiger partial charge is 0.490 e. The lowest BCUT2D eigenvalue weighted by Crippen LogP contribution is -2.14. The Hall–Kier alpha value is -1.61. The van der Waals surface area contributed by atoms with Crippen LogP contribution in [0.1, 0.15) is 19.8 Å². The molecule has 1 aromatic carbocycles. The minimum atomic E-state index is 0.185. The Morgan fingerprint density at radius 3 is 3.00 bits per heavy atom. The van der Waals surface area contributed by atoms with E-state index in [2.05, 4.69) is 11.9 Å². The summed E-state index contributed by atoms with van der Waals surface area (Å²) in [5, 5.41) is 1.06. The first-order valence-electron chi connectivity index (χ1n) is 6.01. The Labute approximate surface area is 102 Å². The second-order valence-corrected chi connectivity index (χ2v) is 4.19. The summed E-state index contributed by atoms with van der Waals surface area (Å²) in [5.74, 6) is 0.903. The van der Waals surface area contributed by atoms with Crippen molar-refractivity contribution in [1.29, 1.82) is 0 Å². The van der Waals surface area contributed by atoms with E-state index in [-0.39, 0.29) is 6.10 Å². The molecule has 0 amide bonds. The van der Waals surface area contributed by atoms with Gasteiger partial charge in [-0.05, 0) is 50.6 Å². The first-order valence-corrected chi connectivity index (χ1v) is 6.01. The van der Waals surface area contributed by atoms with Crippen LogP contribution in [0.3, 0.4) is 0 Å². The molecule has 0 radical (unpaired) electrons. The molecule has 17 heavy (non-hydrogen) atoms. The van der Waals surface area contributed by atoms with Crippen LogP contribution in [0.4, 0.5) is 0 Å². The predicted molar refractivity (Wildman–Crippen MR) is 70.1 cm³/mol. The van der Waals surface area contributed by atoms with Gasteiger partial charge in [0.25, 0.3) is 0 Å². The van der Waals surface area contributed by atoms with Crippen molar-refractivity contribution in [2.45, 2.75) is 25.9 Å². The molecule has 1 aromatic heterocycles. The third kappa shape index (κ3) is 2.94. The Morgan fingerprint density at radius 2 is 2.18 bits per heavy atom. The Kier molecular flexibility index (Phi) is 3.94. The molecule has 0 saturated heterocycles. The molecule has 0 spiro atoms. The van der Waals surface area contributed by atoms with Gasteiger partial charge in [-0.15, -0.1) is 0 Å². The molecule has 0 fully saturated rings. The molecule has 1 unspecified atom stereocenters. The van der Waals surface area contributed by atoms with E-state index >= 15 is 0 Å². The predicted octanol–water partition coefficient (Wildman–Crippen LogP) is 2.74. The second kappa shape index (κ2) is 5.64. The van der Waals surface area contributed by atoms with Gasteiger partial charge in [0.15, 0.2) is 0 Å². The summed E-state index contributed by atoms with van der Waals surface area (Å²) in [5.41, 5.74) is 6.46. The van der Waals surface area contributed by atoms with Gasteiger partial charge >= 0.3 is 0 Å². The molecule has 2 aromatic rings. The van der Waals surface area contributed by atoms with E-state index in [4.69, 9.17) is 10.5 Å². The lowest BCUT2D eigenvalue weighted by Gasteiger charge is -2.15. The maximum atomic E-state index is 5.93. The van der Waals surface area contributed by atoms with Gasteiger partial charge in [-0.2, -0.15) is 0 Å². The summed E-state index contributed by atoms with van der Waals surface area (Å²) in [6, 6.07) is 9.92. The van der Waals surface area contributed by atoms with E-state index in [1.807, 2.05) is 30.3 Å². The lowest BCUT2D eigenvalue weighted by molar-refractivity contribution is 0.211. The third-order valence-electron chi connectivity index (χ3n) is 2.75. The molecule has 0 aliphatic carbocycles. The van der Waals surface area contributed by atoms with E-state index in [1.54, 1.807) is 6.20 Å². The highest BCUT2D eigenvalue weighted by molar-refractivity contribution is 5.84. The van der Waals surface area contributed by atoms with Crippen LogP contribution in [-0.4, -0.2) is 17.6 Å². The number of rotatable bonds is 5. The van der Waals surface area contributed by atoms with Gasteiger partial charge in [-0.3, -0.25) is 4.98 Å². The Balaban J connectivity index is 2.18. The molecule has 1 atom stereocenters. The molecule has 2 rings (SSSR count). The van der Waals surface area contributed by atoms with E-state index in [0.29, 0.717) is 6.54 Å².